The molecule has 154 valence electrons. The zero-order valence-corrected chi connectivity index (χ0v) is 17.0. The van der Waals surface area contributed by atoms with Crippen molar-refractivity contribution in [1.29, 1.82) is 0 Å². The van der Waals surface area contributed by atoms with Gasteiger partial charge in [0.25, 0.3) is 5.91 Å². The minimum atomic E-state index is -0.255. The summed E-state index contributed by atoms with van der Waals surface area (Å²) in [5, 5.41) is 6.48. The third kappa shape index (κ3) is 6.31. The van der Waals surface area contributed by atoms with Gasteiger partial charge >= 0.3 is 0 Å². The second-order valence-corrected chi connectivity index (χ2v) is 7.23. The maximum atomic E-state index is 13.3. The molecule has 1 amide bonds. The lowest BCUT2D eigenvalue weighted by atomic mass is 10.1. The standard InChI is InChI=1S/C23H29FN4O/c1-2-25-23(27-17-19-7-6-8-21(24)15-19)26-16-18-9-11-20(12-10-18)22(29)28-13-4-3-5-14-28/h6-12,15H,2-5,13-14,16-17H2,1H3,(H2,25,26,27). The van der Waals surface area contributed by atoms with Crippen LogP contribution < -0.4 is 10.6 Å². The predicted molar refractivity (Wildman–Crippen MR) is 114 cm³/mol. The Balaban J connectivity index is 1.56. The fourth-order valence-electron chi connectivity index (χ4n) is 3.38. The highest BCUT2D eigenvalue weighted by molar-refractivity contribution is 5.94. The number of carbonyl (C=O) groups is 1. The van der Waals surface area contributed by atoms with Gasteiger partial charge in [-0.25, -0.2) is 9.38 Å². The van der Waals surface area contributed by atoms with Crippen LogP contribution >= 0.6 is 0 Å². The fraction of sp³-hybridized carbons (Fsp3) is 0.391. The van der Waals surface area contributed by atoms with Crippen LogP contribution in [-0.4, -0.2) is 36.4 Å². The average Bonchev–Trinajstić information content (AvgIpc) is 2.76. The molecule has 2 aromatic rings. The highest BCUT2D eigenvalue weighted by Crippen LogP contribution is 2.14. The van der Waals surface area contributed by atoms with Crippen molar-refractivity contribution in [2.24, 2.45) is 4.99 Å². The second kappa shape index (κ2) is 10.6. The number of piperidine rings is 1. The van der Waals surface area contributed by atoms with E-state index in [1.807, 2.05) is 42.2 Å². The van der Waals surface area contributed by atoms with Gasteiger partial charge in [-0.05, 0) is 61.6 Å². The van der Waals surface area contributed by atoms with E-state index in [0.717, 1.165) is 49.2 Å². The van der Waals surface area contributed by atoms with Crippen LogP contribution in [0.15, 0.2) is 53.5 Å². The highest BCUT2D eigenvalue weighted by Gasteiger charge is 2.17. The first-order valence-corrected chi connectivity index (χ1v) is 10.3. The van der Waals surface area contributed by atoms with E-state index in [2.05, 4.69) is 15.6 Å². The van der Waals surface area contributed by atoms with Crippen LogP contribution in [-0.2, 0) is 13.1 Å². The Morgan fingerprint density at radius 3 is 2.48 bits per heavy atom. The van der Waals surface area contributed by atoms with E-state index in [1.54, 1.807) is 6.07 Å². The van der Waals surface area contributed by atoms with Gasteiger partial charge in [0.1, 0.15) is 5.82 Å². The number of rotatable bonds is 6. The van der Waals surface area contributed by atoms with Gasteiger partial charge in [0.2, 0.25) is 0 Å². The Bertz CT molecular complexity index is 829. The number of likely N-dealkylation sites (tertiary alicyclic amines) is 1. The van der Waals surface area contributed by atoms with Gasteiger partial charge in [-0.15, -0.1) is 0 Å². The first-order valence-electron chi connectivity index (χ1n) is 10.3. The maximum Gasteiger partial charge on any atom is 0.253 e. The van der Waals surface area contributed by atoms with Crippen molar-refractivity contribution >= 4 is 11.9 Å². The molecule has 1 heterocycles. The summed E-state index contributed by atoms with van der Waals surface area (Å²) in [6.07, 6.45) is 3.40. The number of amides is 1. The molecule has 0 unspecified atom stereocenters. The molecular weight excluding hydrogens is 367 g/mol. The lowest BCUT2D eigenvalue weighted by Gasteiger charge is -2.26. The minimum absolute atomic E-state index is 0.120. The van der Waals surface area contributed by atoms with Crippen LogP contribution in [0.4, 0.5) is 4.39 Å². The lowest BCUT2D eigenvalue weighted by molar-refractivity contribution is 0.0724. The van der Waals surface area contributed by atoms with E-state index in [1.165, 1.54) is 18.6 Å². The summed E-state index contributed by atoms with van der Waals surface area (Å²) in [6.45, 7) is 5.44. The smallest absolute Gasteiger partial charge is 0.253 e. The molecular formula is C23H29FN4O. The third-order valence-corrected chi connectivity index (χ3v) is 4.96. The van der Waals surface area contributed by atoms with E-state index >= 15 is 0 Å². The molecule has 0 radical (unpaired) electrons. The zero-order valence-electron chi connectivity index (χ0n) is 17.0. The number of aliphatic imine (C=N–C) groups is 1. The third-order valence-electron chi connectivity index (χ3n) is 4.96. The average molecular weight is 397 g/mol. The molecule has 0 bridgehead atoms. The fourth-order valence-corrected chi connectivity index (χ4v) is 3.38. The molecule has 1 aliphatic heterocycles. The van der Waals surface area contributed by atoms with Gasteiger partial charge in [-0.1, -0.05) is 24.3 Å². The molecule has 3 rings (SSSR count). The molecule has 6 heteroatoms. The molecule has 1 saturated heterocycles. The summed E-state index contributed by atoms with van der Waals surface area (Å²) in [4.78, 5) is 19.0. The molecule has 0 aliphatic carbocycles. The van der Waals surface area contributed by atoms with Crippen molar-refractivity contribution in [3.05, 3.63) is 71.0 Å². The summed E-state index contributed by atoms with van der Waals surface area (Å²) in [5.41, 5.74) is 2.63. The number of benzene rings is 2. The van der Waals surface area contributed by atoms with Crippen molar-refractivity contribution in [2.75, 3.05) is 19.6 Å². The van der Waals surface area contributed by atoms with Gasteiger partial charge in [-0.2, -0.15) is 0 Å². The summed E-state index contributed by atoms with van der Waals surface area (Å²) >= 11 is 0. The summed E-state index contributed by atoms with van der Waals surface area (Å²) in [5.74, 6) is 0.536. The van der Waals surface area contributed by atoms with Gasteiger partial charge in [0.15, 0.2) is 5.96 Å². The van der Waals surface area contributed by atoms with Crippen LogP contribution in [0.2, 0.25) is 0 Å². The first-order chi connectivity index (χ1) is 14.2. The number of halogens is 1. The topological polar surface area (TPSA) is 56.7 Å². The number of guanidine groups is 1. The van der Waals surface area contributed by atoms with Crippen molar-refractivity contribution in [2.45, 2.75) is 39.3 Å². The van der Waals surface area contributed by atoms with E-state index in [0.29, 0.717) is 19.0 Å². The van der Waals surface area contributed by atoms with Crippen molar-refractivity contribution in [1.82, 2.24) is 15.5 Å². The van der Waals surface area contributed by atoms with Gasteiger partial charge < -0.3 is 15.5 Å². The monoisotopic (exact) mass is 396 g/mol. The lowest BCUT2D eigenvalue weighted by Crippen LogP contribution is -2.37. The van der Waals surface area contributed by atoms with Gasteiger partial charge in [-0.3, -0.25) is 4.79 Å². The summed E-state index contributed by atoms with van der Waals surface area (Å²) in [7, 11) is 0. The molecule has 1 fully saturated rings. The van der Waals surface area contributed by atoms with Crippen molar-refractivity contribution < 1.29 is 9.18 Å². The molecule has 2 aromatic carbocycles. The van der Waals surface area contributed by atoms with E-state index in [-0.39, 0.29) is 11.7 Å². The molecule has 2 N–H and O–H groups in total. The van der Waals surface area contributed by atoms with Crippen LogP contribution in [0.5, 0.6) is 0 Å². The minimum Gasteiger partial charge on any atom is -0.357 e. The van der Waals surface area contributed by atoms with Crippen LogP contribution in [0, 0.1) is 5.82 Å². The zero-order chi connectivity index (χ0) is 20.5. The van der Waals surface area contributed by atoms with Crippen LogP contribution in [0.25, 0.3) is 0 Å². The van der Waals surface area contributed by atoms with Crippen molar-refractivity contribution in [3.63, 3.8) is 0 Å². The molecule has 1 aliphatic rings. The first kappa shape index (κ1) is 20.8. The Kier molecular flexibility index (Phi) is 7.61. The van der Waals surface area contributed by atoms with Crippen molar-refractivity contribution in [3.8, 4) is 0 Å². The molecule has 0 saturated carbocycles. The Labute approximate surface area is 172 Å². The SMILES string of the molecule is CCNC(=NCc1cccc(F)c1)NCc1ccc(C(=O)N2CCCCC2)cc1. The van der Waals surface area contributed by atoms with Crippen LogP contribution in [0.3, 0.4) is 0 Å². The van der Waals surface area contributed by atoms with E-state index in [4.69, 9.17) is 0 Å². The van der Waals surface area contributed by atoms with E-state index in [9.17, 15) is 9.18 Å². The molecule has 0 aromatic heterocycles. The van der Waals surface area contributed by atoms with Gasteiger partial charge in [0.05, 0.1) is 6.54 Å². The number of carbonyl (C=O) groups excluding carboxylic acids is 1. The highest BCUT2D eigenvalue weighted by atomic mass is 19.1. The predicted octanol–water partition coefficient (Wildman–Crippen LogP) is 3.71. The largest absolute Gasteiger partial charge is 0.357 e. The Morgan fingerprint density at radius 2 is 1.79 bits per heavy atom. The number of hydrogen-bond acceptors (Lipinski definition) is 2. The quantitative estimate of drug-likeness (QED) is 0.578. The van der Waals surface area contributed by atoms with E-state index < -0.39 is 0 Å². The number of nitrogens with zero attached hydrogens (tertiary/aromatic N) is 2. The van der Waals surface area contributed by atoms with Gasteiger partial charge in [0, 0.05) is 31.7 Å². The summed E-state index contributed by atoms with van der Waals surface area (Å²) in [6, 6.07) is 14.2. The normalized spacial score (nSPS) is 14.6. The molecule has 29 heavy (non-hydrogen) atoms. The van der Waals surface area contributed by atoms with Crippen LogP contribution in [0.1, 0.15) is 47.7 Å². The second-order valence-electron chi connectivity index (χ2n) is 7.23. The number of nitrogens with one attached hydrogen (secondary N) is 2. The Hall–Kier alpha value is -2.89. The maximum absolute atomic E-state index is 13.3. The Morgan fingerprint density at radius 1 is 1.03 bits per heavy atom. The molecule has 0 atom stereocenters. The summed E-state index contributed by atoms with van der Waals surface area (Å²) < 4.78 is 13.3. The molecule has 5 nitrogen and oxygen atoms in total. The number of hydrogen-bond donors (Lipinski definition) is 2. The molecule has 0 spiro atoms.